The number of aryl methyl sites for hydroxylation is 1. The maximum absolute atomic E-state index is 11.7. The maximum Gasteiger partial charge on any atom is 0.263 e. The average molecular weight is 239 g/mol. The Morgan fingerprint density at radius 1 is 1.75 bits per heavy atom. The van der Waals surface area contributed by atoms with E-state index >= 15 is 0 Å². The smallest absolute Gasteiger partial charge is 0.263 e. The summed E-state index contributed by atoms with van der Waals surface area (Å²) in [7, 11) is 0. The molecule has 1 unspecified atom stereocenters. The van der Waals surface area contributed by atoms with Crippen molar-refractivity contribution in [2.24, 2.45) is 0 Å². The molecule has 2 rings (SSSR count). The van der Waals surface area contributed by atoms with Gasteiger partial charge in [-0.25, -0.2) is 4.98 Å². The van der Waals surface area contributed by atoms with Crippen LogP contribution in [0.3, 0.4) is 0 Å². The van der Waals surface area contributed by atoms with Gasteiger partial charge in [-0.15, -0.1) is 11.3 Å². The maximum atomic E-state index is 11.7. The van der Waals surface area contributed by atoms with Gasteiger partial charge in [-0.1, -0.05) is 0 Å². The fourth-order valence-electron chi connectivity index (χ4n) is 1.96. The second-order valence-electron chi connectivity index (χ2n) is 4.10. The van der Waals surface area contributed by atoms with Crippen molar-refractivity contribution in [3.63, 3.8) is 0 Å². The number of thiazole rings is 1. The third kappa shape index (κ3) is 2.80. The number of carbonyl (C=O) groups is 1. The highest BCUT2D eigenvalue weighted by Gasteiger charge is 2.15. The first kappa shape index (κ1) is 11.5. The summed E-state index contributed by atoms with van der Waals surface area (Å²) in [6.07, 6.45) is 3.51. The Kier molecular flexibility index (Phi) is 3.90. The van der Waals surface area contributed by atoms with E-state index in [2.05, 4.69) is 15.6 Å². The molecule has 1 aromatic heterocycles. The normalized spacial score (nSPS) is 19.9. The molecule has 0 spiro atoms. The van der Waals surface area contributed by atoms with E-state index in [0.29, 0.717) is 6.04 Å². The predicted molar refractivity (Wildman–Crippen MR) is 64.8 cm³/mol. The molecule has 1 aliphatic heterocycles. The minimum absolute atomic E-state index is 0.0120. The lowest BCUT2D eigenvalue weighted by molar-refractivity contribution is 0.0955. The van der Waals surface area contributed by atoms with E-state index < -0.39 is 0 Å². The topological polar surface area (TPSA) is 54.0 Å². The molecule has 4 nitrogen and oxygen atoms in total. The molecule has 2 N–H and O–H groups in total. The zero-order chi connectivity index (χ0) is 11.4. The number of carbonyl (C=O) groups excluding carboxylic acids is 1. The number of rotatable bonds is 4. The van der Waals surface area contributed by atoms with Gasteiger partial charge < -0.3 is 10.6 Å². The van der Waals surface area contributed by atoms with Crippen molar-refractivity contribution in [1.82, 2.24) is 15.6 Å². The Bertz CT molecular complexity index is 358. The Labute approximate surface area is 99.5 Å². The Morgan fingerprint density at radius 2 is 2.62 bits per heavy atom. The van der Waals surface area contributed by atoms with Gasteiger partial charge in [0, 0.05) is 12.6 Å². The fraction of sp³-hybridized carbons (Fsp3) is 0.636. The fourth-order valence-corrected chi connectivity index (χ4v) is 2.68. The van der Waals surface area contributed by atoms with Crippen LogP contribution < -0.4 is 10.6 Å². The van der Waals surface area contributed by atoms with Crippen LogP contribution in [0.2, 0.25) is 0 Å². The quantitative estimate of drug-likeness (QED) is 0.833. The van der Waals surface area contributed by atoms with Crippen LogP contribution in [0.4, 0.5) is 0 Å². The molecule has 0 aliphatic carbocycles. The van der Waals surface area contributed by atoms with Gasteiger partial charge in [-0.05, 0) is 32.7 Å². The van der Waals surface area contributed by atoms with Crippen LogP contribution in [0.5, 0.6) is 0 Å². The molecule has 0 aromatic carbocycles. The molecule has 5 heteroatoms. The third-order valence-electron chi connectivity index (χ3n) is 2.89. The van der Waals surface area contributed by atoms with Gasteiger partial charge in [-0.3, -0.25) is 4.79 Å². The zero-order valence-electron chi connectivity index (χ0n) is 9.45. The highest BCUT2D eigenvalue weighted by Crippen LogP contribution is 2.12. The molecule has 1 atom stereocenters. The van der Waals surface area contributed by atoms with Crippen LogP contribution in [0, 0.1) is 6.92 Å². The molecular weight excluding hydrogens is 222 g/mol. The second-order valence-corrected chi connectivity index (χ2v) is 4.96. The van der Waals surface area contributed by atoms with Crippen LogP contribution in [-0.4, -0.2) is 30.0 Å². The molecule has 1 aromatic rings. The monoisotopic (exact) mass is 239 g/mol. The van der Waals surface area contributed by atoms with E-state index in [0.717, 1.165) is 30.1 Å². The van der Waals surface area contributed by atoms with Gasteiger partial charge in [-0.2, -0.15) is 0 Å². The van der Waals surface area contributed by atoms with Crippen LogP contribution in [0.15, 0.2) is 5.51 Å². The molecule has 1 saturated heterocycles. The first-order chi connectivity index (χ1) is 7.77. The van der Waals surface area contributed by atoms with Gasteiger partial charge in [0.1, 0.15) is 4.88 Å². The number of hydrogen-bond acceptors (Lipinski definition) is 4. The van der Waals surface area contributed by atoms with Gasteiger partial charge in [0.15, 0.2) is 0 Å². The van der Waals surface area contributed by atoms with Crippen molar-refractivity contribution in [2.75, 3.05) is 13.1 Å². The third-order valence-corrected chi connectivity index (χ3v) is 3.82. The molecule has 1 amide bonds. The predicted octanol–water partition coefficient (Wildman–Crippen LogP) is 1.32. The summed E-state index contributed by atoms with van der Waals surface area (Å²) in [5.41, 5.74) is 2.53. The van der Waals surface area contributed by atoms with E-state index in [4.69, 9.17) is 0 Å². The lowest BCUT2D eigenvalue weighted by Crippen LogP contribution is -2.30. The first-order valence-corrected chi connectivity index (χ1v) is 6.57. The number of nitrogens with one attached hydrogen (secondary N) is 2. The van der Waals surface area contributed by atoms with Gasteiger partial charge >= 0.3 is 0 Å². The lowest BCUT2D eigenvalue weighted by Gasteiger charge is -2.10. The Hall–Kier alpha value is -0.940. The molecule has 1 fully saturated rings. The Balaban J connectivity index is 1.73. The molecule has 2 heterocycles. The highest BCUT2D eigenvalue weighted by molar-refractivity contribution is 7.11. The van der Waals surface area contributed by atoms with Crippen molar-refractivity contribution in [2.45, 2.75) is 32.2 Å². The van der Waals surface area contributed by atoms with Crippen molar-refractivity contribution in [1.29, 1.82) is 0 Å². The van der Waals surface area contributed by atoms with Crippen LogP contribution in [-0.2, 0) is 0 Å². The summed E-state index contributed by atoms with van der Waals surface area (Å²) < 4.78 is 0. The Morgan fingerprint density at radius 3 is 3.25 bits per heavy atom. The van der Waals surface area contributed by atoms with Crippen LogP contribution in [0.1, 0.15) is 34.6 Å². The van der Waals surface area contributed by atoms with Crippen molar-refractivity contribution in [3.05, 3.63) is 16.1 Å². The number of nitrogens with zero attached hydrogens (tertiary/aromatic N) is 1. The molecule has 0 radical (unpaired) electrons. The SMILES string of the molecule is Cc1ncsc1C(=O)NCCC1CCCN1. The largest absolute Gasteiger partial charge is 0.351 e. The summed E-state index contributed by atoms with van der Waals surface area (Å²) in [6.45, 7) is 3.73. The molecule has 0 saturated carbocycles. The second kappa shape index (κ2) is 5.41. The summed E-state index contributed by atoms with van der Waals surface area (Å²) in [6, 6.07) is 0.586. The molecular formula is C11H17N3OS. The highest BCUT2D eigenvalue weighted by atomic mass is 32.1. The van der Waals surface area contributed by atoms with Gasteiger partial charge in [0.25, 0.3) is 5.91 Å². The minimum atomic E-state index is 0.0120. The summed E-state index contributed by atoms with van der Waals surface area (Å²) in [4.78, 5) is 16.5. The summed E-state index contributed by atoms with van der Waals surface area (Å²) in [5, 5.41) is 6.36. The van der Waals surface area contributed by atoms with E-state index in [-0.39, 0.29) is 5.91 Å². The van der Waals surface area contributed by atoms with Crippen LogP contribution in [0.25, 0.3) is 0 Å². The minimum Gasteiger partial charge on any atom is -0.351 e. The van der Waals surface area contributed by atoms with E-state index in [1.807, 2.05) is 6.92 Å². The lowest BCUT2D eigenvalue weighted by atomic mass is 10.1. The van der Waals surface area contributed by atoms with E-state index in [1.165, 1.54) is 24.2 Å². The average Bonchev–Trinajstić information content (AvgIpc) is 2.88. The van der Waals surface area contributed by atoms with Crippen molar-refractivity contribution in [3.8, 4) is 0 Å². The van der Waals surface area contributed by atoms with Crippen molar-refractivity contribution < 1.29 is 4.79 Å². The molecule has 1 aliphatic rings. The standard InChI is InChI=1S/C11H17N3OS/c1-8-10(16-7-14-8)11(15)13-6-4-9-3-2-5-12-9/h7,9,12H,2-6H2,1H3,(H,13,15). The summed E-state index contributed by atoms with van der Waals surface area (Å²) >= 11 is 1.40. The number of amides is 1. The number of hydrogen-bond donors (Lipinski definition) is 2. The zero-order valence-corrected chi connectivity index (χ0v) is 10.3. The molecule has 16 heavy (non-hydrogen) atoms. The molecule has 88 valence electrons. The first-order valence-electron chi connectivity index (χ1n) is 5.69. The van der Waals surface area contributed by atoms with E-state index in [1.54, 1.807) is 5.51 Å². The van der Waals surface area contributed by atoms with Crippen LogP contribution >= 0.6 is 11.3 Å². The number of aromatic nitrogens is 1. The molecule has 0 bridgehead atoms. The van der Waals surface area contributed by atoms with E-state index in [9.17, 15) is 4.79 Å². The van der Waals surface area contributed by atoms with Gasteiger partial charge in [0.05, 0.1) is 11.2 Å². The van der Waals surface area contributed by atoms with Gasteiger partial charge in [0.2, 0.25) is 0 Å². The van der Waals surface area contributed by atoms with Crippen molar-refractivity contribution >= 4 is 17.2 Å². The summed E-state index contributed by atoms with van der Waals surface area (Å²) in [5.74, 6) is 0.0120.